The van der Waals surface area contributed by atoms with Crippen LogP contribution in [-0.4, -0.2) is 18.2 Å². The van der Waals surface area contributed by atoms with Gasteiger partial charge >= 0.3 is 0 Å². The molecule has 0 atom stereocenters. The first kappa shape index (κ1) is 11.4. The second-order valence-corrected chi connectivity index (χ2v) is 3.62. The molecule has 0 rings (SSSR count). The highest BCUT2D eigenvalue weighted by Crippen LogP contribution is 1.97. The third kappa shape index (κ3) is 7.47. The third-order valence-corrected chi connectivity index (χ3v) is 1.46. The highest BCUT2D eigenvalue weighted by molar-refractivity contribution is 9.11. The molecule has 0 radical (unpaired) electrons. The molecule has 3 nitrogen and oxygen atoms in total. The first-order valence-electron chi connectivity index (χ1n) is 3.61. The lowest BCUT2D eigenvalue weighted by molar-refractivity contribution is -0.124. The van der Waals surface area contributed by atoms with E-state index in [-0.39, 0.29) is 18.1 Å². The van der Waals surface area contributed by atoms with Crippen LogP contribution in [0.15, 0.2) is 11.1 Å². The summed E-state index contributed by atoms with van der Waals surface area (Å²) in [6, 6.07) is 0. The Morgan fingerprint density at radius 3 is 2.42 bits per heavy atom. The van der Waals surface area contributed by atoms with Crippen LogP contribution in [0.5, 0.6) is 0 Å². The Kier molecular flexibility index (Phi) is 5.62. The summed E-state index contributed by atoms with van der Waals surface area (Å²) in [5, 5.41) is 2.60. The van der Waals surface area contributed by atoms with E-state index in [9.17, 15) is 9.59 Å². The fraction of sp³-hybridized carbons (Fsp3) is 0.500. The second-order valence-electron chi connectivity index (χ2n) is 2.50. The van der Waals surface area contributed by atoms with Gasteiger partial charge in [0, 0.05) is 23.9 Å². The number of amides is 1. The van der Waals surface area contributed by atoms with Crippen molar-refractivity contribution in [3.63, 3.8) is 0 Å². The molecule has 0 aliphatic rings. The zero-order valence-corrected chi connectivity index (χ0v) is 8.61. The summed E-state index contributed by atoms with van der Waals surface area (Å²) in [6.07, 6.45) is 0.566. The molecule has 0 fully saturated rings. The molecular weight excluding hydrogens is 222 g/mol. The number of rotatable bonds is 5. The maximum Gasteiger partial charge on any atom is 0.220 e. The average Bonchev–Trinajstić information content (AvgIpc) is 1.96. The van der Waals surface area contributed by atoms with Crippen molar-refractivity contribution in [2.75, 3.05) is 6.54 Å². The zero-order chi connectivity index (χ0) is 9.56. The Morgan fingerprint density at radius 1 is 1.42 bits per heavy atom. The van der Waals surface area contributed by atoms with E-state index in [1.165, 1.54) is 6.92 Å². The lowest BCUT2D eigenvalue weighted by Gasteiger charge is -2.01. The quantitative estimate of drug-likeness (QED) is 0.781. The van der Waals surface area contributed by atoms with Gasteiger partial charge in [-0.15, -0.1) is 0 Å². The van der Waals surface area contributed by atoms with Gasteiger partial charge in [-0.3, -0.25) is 4.79 Å². The molecule has 1 amide bonds. The molecule has 0 bridgehead atoms. The third-order valence-electron chi connectivity index (χ3n) is 1.18. The van der Waals surface area contributed by atoms with Crippen molar-refractivity contribution in [3.05, 3.63) is 11.1 Å². The van der Waals surface area contributed by atoms with Crippen molar-refractivity contribution in [2.24, 2.45) is 0 Å². The first-order valence-corrected chi connectivity index (χ1v) is 4.41. The molecule has 0 aliphatic carbocycles. The molecule has 68 valence electrons. The summed E-state index contributed by atoms with van der Waals surface area (Å²) < 4.78 is 0.721. The maximum absolute atomic E-state index is 10.9. The Labute approximate surface area is 80.3 Å². The van der Waals surface area contributed by atoms with E-state index >= 15 is 0 Å². The molecule has 0 unspecified atom stereocenters. The van der Waals surface area contributed by atoms with Gasteiger partial charge in [-0.1, -0.05) is 22.5 Å². The van der Waals surface area contributed by atoms with E-state index in [1.54, 1.807) is 0 Å². The van der Waals surface area contributed by atoms with Gasteiger partial charge in [-0.05, 0) is 6.92 Å². The molecule has 0 heterocycles. The van der Waals surface area contributed by atoms with Crippen molar-refractivity contribution in [1.82, 2.24) is 5.32 Å². The van der Waals surface area contributed by atoms with Crippen LogP contribution in [0.2, 0.25) is 0 Å². The van der Waals surface area contributed by atoms with Gasteiger partial charge in [0.2, 0.25) is 5.91 Å². The maximum atomic E-state index is 10.9. The Hall–Kier alpha value is -0.640. The van der Waals surface area contributed by atoms with Crippen LogP contribution in [0.25, 0.3) is 0 Å². The molecule has 0 saturated carbocycles. The van der Waals surface area contributed by atoms with Gasteiger partial charge < -0.3 is 10.1 Å². The highest BCUT2D eigenvalue weighted by atomic mass is 79.9. The number of carbonyl (C=O) groups excluding carboxylic acids is 2. The molecule has 12 heavy (non-hydrogen) atoms. The summed E-state index contributed by atoms with van der Waals surface area (Å²) >= 11 is 3.11. The first-order chi connectivity index (χ1) is 5.52. The Balaban J connectivity index is 3.47. The van der Waals surface area contributed by atoms with E-state index in [0.29, 0.717) is 13.0 Å². The Bertz CT molecular complexity index is 181. The summed E-state index contributed by atoms with van der Waals surface area (Å²) in [7, 11) is 0. The summed E-state index contributed by atoms with van der Waals surface area (Å²) in [5.74, 6) is -0.0892. The van der Waals surface area contributed by atoms with E-state index in [1.807, 2.05) is 0 Å². The van der Waals surface area contributed by atoms with Gasteiger partial charge in [0.15, 0.2) is 0 Å². The SMILES string of the molecule is C=C(Br)CNC(=O)CCC(C)=O. The number of halogens is 1. The minimum atomic E-state index is -0.120. The van der Waals surface area contributed by atoms with E-state index < -0.39 is 0 Å². The fourth-order valence-electron chi connectivity index (χ4n) is 0.572. The van der Waals surface area contributed by atoms with Crippen LogP contribution >= 0.6 is 15.9 Å². The minimum absolute atomic E-state index is 0.0304. The van der Waals surface area contributed by atoms with Crippen molar-refractivity contribution in [3.8, 4) is 0 Å². The number of ketones is 1. The van der Waals surface area contributed by atoms with Crippen molar-refractivity contribution < 1.29 is 9.59 Å². The van der Waals surface area contributed by atoms with Crippen molar-refractivity contribution in [1.29, 1.82) is 0 Å². The summed E-state index contributed by atoms with van der Waals surface area (Å²) in [6.45, 7) is 5.44. The van der Waals surface area contributed by atoms with Crippen LogP contribution in [0.4, 0.5) is 0 Å². The standard InChI is InChI=1S/C8H12BrNO2/c1-6(9)5-10-8(12)4-3-7(2)11/h1,3-5H2,2H3,(H,10,12). The second kappa shape index (κ2) is 5.94. The normalized spacial score (nSPS) is 9.17. The molecule has 0 aliphatic heterocycles. The number of Topliss-reactive ketones (excluding diaryl/α,β-unsaturated/α-hetero) is 1. The van der Waals surface area contributed by atoms with Crippen LogP contribution in [0.3, 0.4) is 0 Å². The molecular formula is C8H12BrNO2. The van der Waals surface area contributed by atoms with Crippen LogP contribution in [0, 0.1) is 0 Å². The predicted molar refractivity (Wildman–Crippen MR) is 51.0 cm³/mol. The number of nitrogens with one attached hydrogen (secondary N) is 1. The van der Waals surface area contributed by atoms with E-state index in [2.05, 4.69) is 27.8 Å². The Morgan fingerprint density at radius 2 is 2.00 bits per heavy atom. The van der Waals surface area contributed by atoms with Crippen molar-refractivity contribution >= 4 is 27.6 Å². The number of hydrogen-bond acceptors (Lipinski definition) is 2. The van der Waals surface area contributed by atoms with Crippen LogP contribution < -0.4 is 5.32 Å². The molecule has 0 spiro atoms. The predicted octanol–water partition coefficient (Wildman–Crippen LogP) is 1.38. The average molecular weight is 234 g/mol. The van der Waals surface area contributed by atoms with Gasteiger partial charge in [0.05, 0.1) is 0 Å². The van der Waals surface area contributed by atoms with Crippen molar-refractivity contribution in [2.45, 2.75) is 19.8 Å². The van der Waals surface area contributed by atoms with Crippen LogP contribution in [-0.2, 0) is 9.59 Å². The molecule has 0 aromatic heterocycles. The topological polar surface area (TPSA) is 46.2 Å². The number of hydrogen-bond donors (Lipinski definition) is 1. The van der Waals surface area contributed by atoms with E-state index in [0.717, 1.165) is 4.48 Å². The van der Waals surface area contributed by atoms with Gasteiger partial charge in [-0.25, -0.2) is 0 Å². The molecule has 0 aromatic rings. The molecule has 1 N–H and O–H groups in total. The lowest BCUT2D eigenvalue weighted by atomic mass is 10.2. The lowest BCUT2D eigenvalue weighted by Crippen LogP contribution is -2.24. The minimum Gasteiger partial charge on any atom is -0.352 e. The molecule has 0 aromatic carbocycles. The summed E-state index contributed by atoms with van der Waals surface area (Å²) in [5.41, 5.74) is 0. The number of carbonyl (C=O) groups is 2. The van der Waals surface area contributed by atoms with Crippen LogP contribution in [0.1, 0.15) is 19.8 Å². The van der Waals surface area contributed by atoms with E-state index in [4.69, 9.17) is 0 Å². The molecule has 4 heteroatoms. The fourth-order valence-corrected chi connectivity index (χ4v) is 0.713. The van der Waals surface area contributed by atoms with Gasteiger partial charge in [0.1, 0.15) is 5.78 Å². The smallest absolute Gasteiger partial charge is 0.220 e. The molecule has 0 saturated heterocycles. The monoisotopic (exact) mass is 233 g/mol. The highest BCUT2D eigenvalue weighted by Gasteiger charge is 2.02. The zero-order valence-electron chi connectivity index (χ0n) is 7.02. The largest absolute Gasteiger partial charge is 0.352 e. The van der Waals surface area contributed by atoms with Gasteiger partial charge in [-0.2, -0.15) is 0 Å². The van der Waals surface area contributed by atoms with Gasteiger partial charge in [0.25, 0.3) is 0 Å². The summed E-state index contributed by atoms with van der Waals surface area (Å²) in [4.78, 5) is 21.4.